The predicted molar refractivity (Wildman–Crippen MR) is 121 cm³/mol. The number of carbonyl (C=O) groups excluding carboxylic acids is 2. The second kappa shape index (κ2) is 10.8. The van der Waals surface area contributed by atoms with Crippen molar-refractivity contribution in [1.29, 1.82) is 0 Å². The summed E-state index contributed by atoms with van der Waals surface area (Å²) >= 11 is 5.87. The van der Waals surface area contributed by atoms with Crippen molar-refractivity contribution in [2.45, 2.75) is 33.2 Å². The molecule has 0 atom stereocenters. The van der Waals surface area contributed by atoms with Gasteiger partial charge in [0.25, 0.3) is 0 Å². The summed E-state index contributed by atoms with van der Waals surface area (Å²) in [5.74, 6) is 0.866. The number of nitrogens with zero attached hydrogens (tertiary/aromatic N) is 2. The first kappa shape index (κ1) is 22.6. The molecule has 0 aliphatic carbocycles. The number of oxazole rings is 1. The third kappa shape index (κ3) is 6.69. The topological polar surface area (TPSA) is 75.4 Å². The molecule has 2 aromatic carbocycles. The van der Waals surface area contributed by atoms with Gasteiger partial charge in [-0.2, -0.15) is 0 Å². The van der Waals surface area contributed by atoms with E-state index < -0.39 is 0 Å². The number of benzene rings is 2. The predicted octanol–water partition coefficient (Wildman–Crippen LogP) is 4.40. The van der Waals surface area contributed by atoms with E-state index in [1.54, 1.807) is 18.3 Å². The monoisotopic (exact) mass is 439 g/mol. The molecule has 0 fully saturated rings. The van der Waals surface area contributed by atoms with Crippen molar-refractivity contribution in [3.63, 3.8) is 0 Å². The molecule has 0 saturated heterocycles. The Morgan fingerprint density at radius 1 is 1.10 bits per heavy atom. The van der Waals surface area contributed by atoms with Crippen LogP contribution < -0.4 is 5.32 Å². The molecule has 1 N–H and O–H groups in total. The molecule has 2 amide bonds. The number of halogens is 1. The maximum absolute atomic E-state index is 12.6. The minimum absolute atomic E-state index is 0.0170. The van der Waals surface area contributed by atoms with Gasteiger partial charge < -0.3 is 14.6 Å². The summed E-state index contributed by atoms with van der Waals surface area (Å²) in [6.45, 7) is 4.74. The van der Waals surface area contributed by atoms with E-state index in [1.807, 2.05) is 50.2 Å². The molecule has 0 bridgehead atoms. The van der Waals surface area contributed by atoms with Crippen molar-refractivity contribution in [3.8, 4) is 11.3 Å². The quantitative estimate of drug-likeness (QED) is 0.536. The van der Waals surface area contributed by atoms with Gasteiger partial charge in [0.15, 0.2) is 11.7 Å². The summed E-state index contributed by atoms with van der Waals surface area (Å²) in [6.07, 6.45) is 2.28. The van der Waals surface area contributed by atoms with Gasteiger partial charge in [0.05, 0.1) is 12.7 Å². The van der Waals surface area contributed by atoms with Gasteiger partial charge >= 0.3 is 0 Å². The number of hydrogen-bond donors (Lipinski definition) is 1. The van der Waals surface area contributed by atoms with E-state index in [9.17, 15) is 9.59 Å². The van der Waals surface area contributed by atoms with Crippen LogP contribution in [0.5, 0.6) is 0 Å². The molecule has 7 heteroatoms. The van der Waals surface area contributed by atoms with Gasteiger partial charge in [-0.15, -0.1) is 0 Å². The first-order valence-electron chi connectivity index (χ1n) is 10.2. The Balaban J connectivity index is 1.47. The summed E-state index contributed by atoms with van der Waals surface area (Å²) in [5.41, 5.74) is 3.06. The van der Waals surface area contributed by atoms with Crippen molar-refractivity contribution in [2.24, 2.45) is 0 Å². The number of hydrogen-bond acceptors (Lipinski definition) is 4. The number of nitrogens with one attached hydrogen (secondary N) is 1. The maximum Gasteiger partial charge on any atom is 0.239 e. The van der Waals surface area contributed by atoms with Crippen LogP contribution in [-0.2, 0) is 22.6 Å². The minimum atomic E-state index is -0.206. The van der Waals surface area contributed by atoms with Crippen LogP contribution in [0.1, 0.15) is 30.4 Å². The Morgan fingerprint density at radius 3 is 2.48 bits per heavy atom. The molecular weight excluding hydrogens is 414 g/mol. The minimum Gasteiger partial charge on any atom is -0.441 e. The molecule has 0 aliphatic heterocycles. The molecule has 0 aliphatic rings. The van der Waals surface area contributed by atoms with Crippen LogP contribution in [0, 0.1) is 6.92 Å². The number of rotatable bonds is 9. The first-order valence-corrected chi connectivity index (χ1v) is 10.6. The van der Waals surface area contributed by atoms with Crippen molar-refractivity contribution in [2.75, 3.05) is 13.1 Å². The Labute approximate surface area is 187 Å². The molecule has 0 radical (unpaired) electrons. The fourth-order valence-corrected chi connectivity index (χ4v) is 3.18. The summed E-state index contributed by atoms with van der Waals surface area (Å²) in [5, 5.41) is 3.48. The maximum atomic E-state index is 12.6. The van der Waals surface area contributed by atoms with Gasteiger partial charge in [0.2, 0.25) is 11.8 Å². The lowest BCUT2D eigenvalue weighted by Crippen LogP contribution is -2.40. The Morgan fingerprint density at radius 2 is 1.81 bits per heavy atom. The van der Waals surface area contributed by atoms with Crippen LogP contribution in [-0.4, -0.2) is 34.8 Å². The fourth-order valence-electron chi connectivity index (χ4n) is 3.06. The summed E-state index contributed by atoms with van der Waals surface area (Å²) in [7, 11) is 0. The first-order chi connectivity index (χ1) is 14.9. The van der Waals surface area contributed by atoms with Crippen molar-refractivity contribution >= 4 is 23.4 Å². The third-order valence-electron chi connectivity index (χ3n) is 4.91. The molecule has 1 aromatic heterocycles. The van der Waals surface area contributed by atoms with Crippen LogP contribution in [0.3, 0.4) is 0 Å². The normalized spacial score (nSPS) is 10.7. The van der Waals surface area contributed by atoms with E-state index in [4.69, 9.17) is 16.0 Å². The molecule has 0 spiro atoms. The highest BCUT2D eigenvalue weighted by atomic mass is 35.5. The van der Waals surface area contributed by atoms with E-state index in [1.165, 1.54) is 10.5 Å². The molecule has 1 heterocycles. The summed E-state index contributed by atoms with van der Waals surface area (Å²) in [6, 6.07) is 15.2. The van der Waals surface area contributed by atoms with Crippen molar-refractivity contribution in [3.05, 3.63) is 76.8 Å². The average molecular weight is 440 g/mol. The lowest BCUT2D eigenvalue weighted by molar-refractivity contribution is -0.135. The van der Waals surface area contributed by atoms with Crippen LogP contribution in [0.2, 0.25) is 5.02 Å². The molecule has 3 rings (SSSR count). The number of aryl methyl sites for hydroxylation is 2. The highest BCUT2D eigenvalue weighted by molar-refractivity contribution is 6.30. The highest BCUT2D eigenvalue weighted by Crippen LogP contribution is 2.21. The lowest BCUT2D eigenvalue weighted by atomic mass is 10.1. The molecule has 3 aromatic rings. The molecule has 31 heavy (non-hydrogen) atoms. The van der Waals surface area contributed by atoms with Crippen LogP contribution in [0.15, 0.2) is 59.1 Å². The lowest BCUT2D eigenvalue weighted by Gasteiger charge is -2.20. The number of amides is 2. The van der Waals surface area contributed by atoms with Gasteiger partial charge in [0.1, 0.15) is 0 Å². The van der Waals surface area contributed by atoms with Crippen molar-refractivity contribution < 1.29 is 14.0 Å². The summed E-state index contributed by atoms with van der Waals surface area (Å²) < 4.78 is 5.78. The van der Waals surface area contributed by atoms with Gasteiger partial charge in [-0.1, -0.05) is 53.6 Å². The fraction of sp³-hybridized carbons (Fsp3) is 0.292. The number of carbonyl (C=O) groups is 2. The molecular formula is C24H26ClN3O3. The van der Waals surface area contributed by atoms with Gasteiger partial charge in [-0.3, -0.25) is 9.59 Å². The average Bonchev–Trinajstić information content (AvgIpc) is 3.25. The van der Waals surface area contributed by atoms with E-state index in [0.717, 1.165) is 11.1 Å². The molecule has 0 unspecified atom stereocenters. The van der Waals surface area contributed by atoms with Gasteiger partial charge in [0, 0.05) is 36.5 Å². The smallest absolute Gasteiger partial charge is 0.239 e. The zero-order valence-electron chi connectivity index (χ0n) is 17.7. The second-order valence-electron chi connectivity index (χ2n) is 7.30. The zero-order valence-corrected chi connectivity index (χ0v) is 18.5. The largest absolute Gasteiger partial charge is 0.441 e. The standard InChI is InChI=1S/C24H26ClN3O3/c1-3-28(16-22(29)26-14-18-6-10-20(25)11-7-18)24(30)13-12-23-27-15-21(31-23)19-8-4-17(2)5-9-19/h4-11,15H,3,12-14,16H2,1-2H3,(H,26,29). The van der Waals surface area contributed by atoms with Crippen LogP contribution in [0.4, 0.5) is 0 Å². The van der Waals surface area contributed by atoms with E-state index >= 15 is 0 Å². The second-order valence-corrected chi connectivity index (χ2v) is 7.73. The van der Waals surface area contributed by atoms with Crippen LogP contribution >= 0.6 is 11.6 Å². The molecule has 6 nitrogen and oxygen atoms in total. The van der Waals surface area contributed by atoms with Crippen molar-refractivity contribution in [1.82, 2.24) is 15.2 Å². The number of aromatic nitrogens is 1. The number of likely N-dealkylation sites (N-methyl/N-ethyl adjacent to an activating group) is 1. The SMILES string of the molecule is CCN(CC(=O)NCc1ccc(Cl)cc1)C(=O)CCc1ncc(-c2ccc(C)cc2)o1. The van der Waals surface area contributed by atoms with E-state index in [2.05, 4.69) is 10.3 Å². The molecule has 162 valence electrons. The Kier molecular flexibility index (Phi) is 7.84. The van der Waals surface area contributed by atoms with Gasteiger partial charge in [-0.25, -0.2) is 4.98 Å². The van der Waals surface area contributed by atoms with Gasteiger partial charge in [-0.05, 0) is 31.5 Å². The van der Waals surface area contributed by atoms with E-state index in [0.29, 0.717) is 36.2 Å². The molecule has 0 saturated carbocycles. The Hall–Kier alpha value is -3.12. The Bertz CT molecular complexity index is 1010. The highest BCUT2D eigenvalue weighted by Gasteiger charge is 2.17. The summed E-state index contributed by atoms with van der Waals surface area (Å²) in [4.78, 5) is 30.6. The third-order valence-corrected chi connectivity index (χ3v) is 5.17. The van der Waals surface area contributed by atoms with Crippen LogP contribution in [0.25, 0.3) is 11.3 Å². The van der Waals surface area contributed by atoms with E-state index in [-0.39, 0.29) is 24.8 Å². The zero-order chi connectivity index (χ0) is 22.2.